The number of aromatic nitrogens is 1. The second-order valence-electron chi connectivity index (χ2n) is 3.42. The van der Waals surface area contributed by atoms with Crippen LogP contribution in [0.15, 0.2) is 28.8 Å². The highest BCUT2D eigenvalue weighted by atomic mass is 35.5. The topological polar surface area (TPSA) is 64.1 Å². The van der Waals surface area contributed by atoms with Crippen molar-refractivity contribution in [1.82, 2.24) is 4.98 Å². The SMILES string of the molecule is Cc1cnc(CNc2c(N)cccc2Cl)o1. The van der Waals surface area contributed by atoms with Crippen LogP contribution in [-0.2, 0) is 6.54 Å². The number of hydrogen-bond acceptors (Lipinski definition) is 4. The van der Waals surface area contributed by atoms with E-state index in [1.54, 1.807) is 24.4 Å². The zero-order chi connectivity index (χ0) is 11.5. The molecular weight excluding hydrogens is 226 g/mol. The van der Waals surface area contributed by atoms with Crippen molar-refractivity contribution in [3.8, 4) is 0 Å². The van der Waals surface area contributed by atoms with Gasteiger partial charge in [0.05, 0.1) is 29.1 Å². The van der Waals surface area contributed by atoms with Crippen LogP contribution in [-0.4, -0.2) is 4.98 Å². The fraction of sp³-hybridized carbons (Fsp3) is 0.182. The summed E-state index contributed by atoms with van der Waals surface area (Å²) in [5.41, 5.74) is 7.11. The van der Waals surface area contributed by atoms with E-state index in [0.717, 1.165) is 5.76 Å². The Morgan fingerprint density at radius 2 is 2.31 bits per heavy atom. The Bertz CT molecular complexity index is 475. The Morgan fingerprint density at radius 3 is 2.94 bits per heavy atom. The van der Waals surface area contributed by atoms with Crippen molar-refractivity contribution in [2.75, 3.05) is 11.1 Å². The molecule has 4 nitrogen and oxygen atoms in total. The number of para-hydroxylation sites is 1. The second kappa shape index (κ2) is 4.45. The normalized spacial score (nSPS) is 10.4. The van der Waals surface area contributed by atoms with Crippen LogP contribution in [0.5, 0.6) is 0 Å². The van der Waals surface area contributed by atoms with Crippen molar-refractivity contribution in [3.63, 3.8) is 0 Å². The maximum Gasteiger partial charge on any atom is 0.213 e. The highest BCUT2D eigenvalue weighted by Gasteiger charge is 2.05. The van der Waals surface area contributed by atoms with Gasteiger partial charge in [0.1, 0.15) is 5.76 Å². The predicted octanol–water partition coefficient (Wildman–Crippen LogP) is 2.83. The van der Waals surface area contributed by atoms with Crippen LogP contribution in [0.25, 0.3) is 0 Å². The summed E-state index contributed by atoms with van der Waals surface area (Å²) in [4.78, 5) is 4.08. The third-order valence-corrected chi connectivity index (χ3v) is 2.45. The van der Waals surface area contributed by atoms with E-state index in [-0.39, 0.29) is 0 Å². The smallest absolute Gasteiger partial charge is 0.213 e. The molecule has 0 bridgehead atoms. The lowest BCUT2D eigenvalue weighted by molar-refractivity contribution is 0.479. The predicted molar refractivity (Wildman–Crippen MR) is 64.4 cm³/mol. The fourth-order valence-corrected chi connectivity index (χ4v) is 1.62. The lowest BCUT2D eigenvalue weighted by Gasteiger charge is -2.08. The molecule has 0 aliphatic carbocycles. The Labute approximate surface area is 98.4 Å². The van der Waals surface area contributed by atoms with Crippen molar-refractivity contribution >= 4 is 23.0 Å². The Morgan fingerprint density at radius 1 is 1.50 bits per heavy atom. The lowest BCUT2D eigenvalue weighted by Crippen LogP contribution is -2.03. The number of hydrogen-bond donors (Lipinski definition) is 2. The van der Waals surface area contributed by atoms with E-state index < -0.39 is 0 Å². The average Bonchev–Trinajstić information content (AvgIpc) is 2.63. The van der Waals surface area contributed by atoms with Gasteiger partial charge >= 0.3 is 0 Å². The van der Waals surface area contributed by atoms with Crippen LogP contribution >= 0.6 is 11.6 Å². The van der Waals surface area contributed by atoms with Gasteiger partial charge in [0.2, 0.25) is 5.89 Å². The Balaban J connectivity index is 2.10. The molecule has 0 saturated heterocycles. The van der Waals surface area contributed by atoms with Crippen LogP contribution in [0.4, 0.5) is 11.4 Å². The molecule has 3 N–H and O–H groups in total. The summed E-state index contributed by atoms with van der Waals surface area (Å²) in [5.74, 6) is 1.39. The van der Waals surface area contributed by atoms with Gasteiger partial charge in [0.15, 0.2) is 0 Å². The molecule has 0 amide bonds. The van der Waals surface area contributed by atoms with Gasteiger partial charge in [-0.3, -0.25) is 0 Å². The summed E-state index contributed by atoms with van der Waals surface area (Å²) in [6, 6.07) is 5.37. The molecule has 2 rings (SSSR count). The second-order valence-corrected chi connectivity index (χ2v) is 3.83. The molecule has 0 aliphatic heterocycles. The molecule has 1 aromatic heterocycles. The van der Waals surface area contributed by atoms with Crippen LogP contribution < -0.4 is 11.1 Å². The number of nitrogen functional groups attached to an aromatic ring is 1. The van der Waals surface area contributed by atoms with Crippen LogP contribution in [0.2, 0.25) is 5.02 Å². The maximum atomic E-state index is 6.01. The average molecular weight is 238 g/mol. The first kappa shape index (κ1) is 10.8. The largest absolute Gasteiger partial charge is 0.444 e. The molecule has 0 fully saturated rings. The molecule has 5 heteroatoms. The summed E-state index contributed by atoms with van der Waals surface area (Å²) in [6.07, 6.45) is 1.67. The number of benzene rings is 1. The van der Waals surface area contributed by atoms with Gasteiger partial charge in [-0.25, -0.2) is 4.98 Å². The molecule has 2 aromatic rings. The van der Waals surface area contributed by atoms with E-state index in [4.69, 9.17) is 21.8 Å². The highest BCUT2D eigenvalue weighted by molar-refractivity contribution is 6.33. The number of anilines is 2. The molecule has 0 radical (unpaired) electrons. The Hall–Kier alpha value is -1.68. The Kier molecular flexibility index (Phi) is 3.01. The lowest BCUT2D eigenvalue weighted by atomic mass is 10.2. The van der Waals surface area contributed by atoms with Gasteiger partial charge in [0.25, 0.3) is 0 Å². The minimum Gasteiger partial charge on any atom is -0.444 e. The minimum absolute atomic E-state index is 0.460. The molecule has 0 aliphatic rings. The number of rotatable bonds is 3. The number of halogens is 1. The van der Waals surface area contributed by atoms with Gasteiger partial charge in [-0.15, -0.1) is 0 Å². The summed E-state index contributed by atoms with van der Waals surface area (Å²) < 4.78 is 5.33. The van der Waals surface area contributed by atoms with E-state index in [1.165, 1.54) is 0 Å². The van der Waals surface area contributed by atoms with E-state index in [0.29, 0.717) is 28.8 Å². The number of oxazole rings is 1. The summed E-state index contributed by atoms with van der Waals surface area (Å²) in [5, 5.41) is 3.68. The maximum absolute atomic E-state index is 6.01. The fourth-order valence-electron chi connectivity index (χ4n) is 1.37. The number of nitrogens with one attached hydrogen (secondary N) is 1. The van der Waals surface area contributed by atoms with Crippen molar-refractivity contribution in [3.05, 3.63) is 41.1 Å². The van der Waals surface area contributed by atoms with Gasteiger partial charge in [0, 0.05) is 0 Å². The summed E-state index contributed by atoms with van der Waals surface area (Å²) in [6.45, 7) is 2.31. The minimum atomic E-state index is 0.460. The first-order chi connectivity index (χ1) is 7.66. The highest BCUT2D eigenvalue weighted by Crippen LogP contribution is 2.28. The number of aryl methyl sites for hydroxylation is 1. The monoisotopic (exact) mass is 237 g/mol. The van der Waals surface area contributed by atoms with Crippen molar-refractivity contribution in [2.24, 2.45) is 0 Å². The first-order valence-corrected chi connectivity index (χ1v) is 5.24. The zero-order valence-electron chi connectivity index (χ0n) is 8.83. The van der Waals surface area contributed by atoms with Gasteiger partial charge < -0.3 is 15.5 Å². The third kappa shape index (κ3) is 2.28. The third-order valence-electron chi connectivity index (χ3n) is 2.13. The number of nitrogens with zero attached hydrogens (tertiary/aromatic N) is 1. The first-order valence-electron chi connectivity index (χ1n) is 4.86. The van der Waals surface area contributed by atoms with E-state index in [2.05, 4.69) is 10.3 Å². The van der Waals surface area contributed by atoms with E-state index in [1.807, 2.05) is 6.92 Å². The molecule has 16 heavy (non-hydrogen) atoms. The number of nitrogens with two attached hydrogens (primary N) is 1. The molecular formula is C11H12ClN3O. The molecule has 0 spiro atoms. The van der Waals surface area contributed by atoms with E-state index in [9.17, 15) is 0 Å². The summed E-state index contributed by atoms with van der Waals surface area (Å²) >= 11 is 6.01. The van der Waals surface area contributed by atoms with Crippen molar-refractivity contribution in [2.45, 2.75) is 13.5 Å². The molecule has 0 unspecified atom stereocenters. The van der Waals surface area contributed by atoms with Crippen LogP contribution in [0, 0.1) is 6.92 Å². The molecule has 0 saturated carbocycles. The van der Waals surface area contributed by atoms with Crippen LogP contribution in [0.1, 0.15) is 11.7 Å². The van der Waals surface area contributed by atoms with Gasteiger partial charge in [-0.1, -0.05) is 17.7 Å². The summed E-state index contributed by atoms with van der Waals surface area (Å²) in [7, 11) is 0. The molecule has 84 valence electrons. The van der Waals surface area contributed by atoms with Gasteiger partial charge in [-0.05, 0) is 19.1 Å². The van der Waals surface area contributed by atoms with Gasteiger partial charge in [-0.2, -0.15) is 0 Å². The standard InChI is InChI=1S/C11H12ClN3O/c1-7-5-14-10(16-7)6-15-11-8(12)3-2-4-9(11)13/h2-5,15H,6,13H2,1H3. The van der Waals surface area contributed by atoms with Crippen molar-refractivity contribution in [1.29, 1.82) is 0 Å². The van der Waals surface area contributed by atoms with Crippen LogP contribution in [0.3, 0.4) is 0 Å². The molecule has 1 heterocycles. The van der Waals surface area contributed by atoms with E-state index >= 15 is 0 Å². The molecule has 1 aromatic carbocycles. The molecule has 0 atom stereocenters. The zero-order valence-corrected chi connectivity index (χ0v) is 9.58. The van der Waals surface area contributed by atoms with Crippen molar-refractivity contribution < 1.29 is 4.42 Å². The quantitative estimate of drug-likeness (QED) is 0.806.